The lowest BCUT2D eigenvalue weighted by Gasteiger charge is -2.33. The molecule has 1 aliphatic carbocycles. The van der Waals surface area contributed by atoms with Crippen molar-refractivity contribution in [3.63, 3.8) is 0 Å². The van der Waals surface area contributed by atoms with Crippen LogP contribution in [0.1, 0.15) is 118 Å². The topological polar surface area (TPSA) is 63.6 Å². The quantitative estimate of drug-likeness (QED) is 0.200. The van der Waals surface area contributed by atoms with Gasteiger partial charge in [-0.25, -0.2) is 0 Å². The molecule has 1 unspecified atom stereocenters. The van der Waals surface area contributed by atoms with E-state index in [0.29, 0.717) is 12.8 Å². The van der Waals surface area contributed by atoms with Crippen molar-refractivity contribution in [2.24, 2.45) is 17.3 Å². The Kier molecular flexibility index (Phi) is 11.8. The largest absolute Gasteiger partial charge is 0.480 e. The van der Waals surface area contributed by atoms with E-state index in [0.717, 1.165) is 44.4 Å². The van der Waals surface area contributed by atoms with Crippen molar-refractivity contribution in [3.8, 4) is 0 Å². The van der Waals surface area contributed by atoms with E-state index in [2.05, 4.69) is 27.7 Å². The van der Waals surface area contributed by atoms with Gasteiger partial charge in [-0.1, -0.05) is 91.9 Å². The van der Waals surface area contributed by atoms with Crippen LogP contribution in [0.5, 0.6) is 0 Å². The summed E-state index contributed by atoms with van der Waals surface area (Å²) in [5.74, 6) is -0.473. The van der Waals surface area contributed by atoms with Gasteiger partial charge in [0.15, 0.2) is 5.41 Å². The van der Waals surface area contributed by atoms with Gasteiger partial charge in [0.1, 0.15) is 6.10 Å². The minimum atomic E-state index is -1.30. The number of unbranched alkanes of at least 4 members (excludes halogenated alkanes) is 6. The fourth-order valence-corrected chi connectivity index (χ4v) is 4.22. The highest BCUT2D eigenvalue weighted by Crippen LogP contribution is 2.38. The van der Waals surface area contributed by atoms with Crippen LogP contribution in [0.15, 0.2) is 0 Å². The first-order chi connectivity index (χ1) is 13.3. The van der Waals surface area contributed by atoms with Crippen LogP contribution in [0, 0.1) is 17.3 Å². The first kappa shape index (κ1) is 25.0. The number of carbonyl (C=O) groups excluding carboxylic acids is 1. The van der Waals surface area contributed by atoms with Gasteiger partial charge in [0.05, 0.1) is 0 Å². The Morgan fingerprint density at radius 3 is 1.79 bits per heavy atom. The maximum atomic E-state index is 12.8. The number of carboxylic acid groups (broad SMARTS) is 1. The number of aliphatic carboxylic acids is 1. The molecule has 0 aromatic carbocycles. The number of rotatable bonds is 14. The third kappa shape index (κ3) is 8.53. The van der Waals surface area contributed by atoms with Crippen LogP contribution in [-0.2, 0) is 14.3 Å². The third-order valence-corrected chi connectivity index (χ3v) is 6.28. The molecule has 1 N–H and O–H groups in total. The van der Waals surface area contributed by atoms with E-state index in [4.69, 9.17) is 4.74 Å². The molecule has 28 heavy (non-hydrogen) atoms. The van der Waals surface area contributed by atoms with Crippen molar-refractivity contribution in [2.45, 2.75) is 124 Å². The summed E-state index contributed by atoms with van der Waals surface area (Å²) in [6, 6.07) is 0. The van der Waals surface area contributed by atoms with Crippen molar-refractivity contribution < 1.29 is 19.4 Å². The fourth-order valence-electron chi connectivity index (χ4n) is 4.22. The summed E-state index contributed by atoms with van der Waals surface area (Å²) in [7, 11) is 0. The summed E-state index contributed by atoms with van der Waals surface area (Å²) in [5.41, 5.74) is -1.30. The van der Waals surface area contributed by atoms with Gasteiger partial charge in [-0.05, 0) is 37.5 Å². The second-order valence-corrected chi connectivity index (χ2v) is 9.58. The van der Waals surface area contributed by atoms with Crippen molar-refractivity contribution >= 4 is 11.9 Å². The van der Waals surface area contributed by atoms with Crippen LogP contribution in [0.3, 0.4) is 0 Å². The zero-order chi connectivity index (χ0) is 21.0. The fraction of sp³-hybridized carbons (Fsp3) is 0.917. The normalized spacial score (nSPS) is 17.6. The molecule has 1 aliphatic rings. The van der Waals surface area contributed by atoms with Gasteiger partial charge in [0.2, 0.25) is 0 Å². The number of carbonyl (C=O) groups is 2. The van der Waals surface area contributed by atoms with Crippen LogP contribution in [-0.4, -0.2) is 23.1 Å². The summed E-state index contributed by atoms with van der Waals surface area (Å²) in [6.45, 7) is 8.68. The van der Waals surface area contributed by atoms with Crippen LogP contribution in [0.4, 0.5) is 0 Å². The molecule has 0 amide bonds. The van der Waals surface area contributed by atoms with Gasteiger partial charge in [-0.2, -0.15) is 0 Å². The average Bonchev–Trinajstić information content (AvgIpc) is 2.65. The maximum absolute atomic E-state index is 12.8. The Balaban J connectivity index is 2.33. The van der Waals surface area contributed by atoms with Gasteiger partial charge in [-0.15, -0.1) is 0 Å². The Bertz CT molecular complexity index is 450. The van der Waals surface area contributed by atoms with Gasteiger partial charge in [0, 0.05) is 0 Å². The molecule has 1 rings (SSSR count). The van der Waals surface area contributed by atoms with E-state index in [1.54, 1.807) is 0 Å². The van der Waals surface area contributed by atoms with E-state index >= 15 is 0 Å². The molecule has 0 heterocycles. The molecule has 4 heteroatoms. The van der Waals surface area contributed by atoms with E-state index in [-0.39, 0.29) is 12.0 Å². The van der Waals surface area contributed by atoms with Crippen LogP contribution >= 0.6 is 0 Å². The lowest BCUT2D eigenvalue weighted by atomic mass is 9.74. The number of ether oxygens (including phenoxy) is 1. The van der Waals surface area contributed by atoms with Crippen molar-refractivity contribution in [1.82, 2.24) is 0 Å². The highest BCUT2D eigenvalue weighted by Gasteiger charge is 2.49. The van der Waals surface area contributed by atoms with Crippen LogP contribution in [0.2, 0.25) is 0 Å². The summed E-state index contributed by atoms with van der Waals surface area (Å²) < 4.78 is 5.78. The van der Waals surface area contributed by atoms with E-state index in [1.807, 2.05) is 0 Å². The van der Waals surface area contributed by atoms with Gasteiger partial charge in [-0.3, -0.25) is 9.59 Å². The second-order valence-electron chi connectivity index (χ2n) is 9.58. The first-order valence-electron chi connectivity index (χ1n) is 11.7. The Morgan fingerprint density at radius 2 is 1.32 bits per heavy atom. The Labute approximate surface area is 172 Å². The van der Waals surface area contributed by atoms with E-state index in [9.17, 15) is 14.7 Å². The molecule has 0 aromatic rings. The van der Waals surface area contributed by atoms with Gasteiger partial charge < -0.3 is 9.84 Å². The molecule has 0 spiro atoms. The Hall–Kier alpha value is -1.06. The monoisotopic (exact) mass is 396 g/mol. The molecular formula is C24H44O4. The number of carboxylic acids is 1. The molecule has 0 aromatic heterocycles. The predicted molar refractivity (Wildman–Crippen MR) is 114 cm³/mol. The summed E-state index contributed by atoms with van der Waals surface area (Å²) in [4.78, 5) is 24.6. The molecule has 0 bridgehead atoms. The number of hydrogen-bond donors (Lipinski definition) is 1. The maximum Gasteiger partial charge on any atom is 0.323 e. The molecular weight excluding hydrogens is 352 g/mol. The molecule has 1 atom stereocenters. The summed E-state index contributed by atoms with van der Waals surface area (Å²) >= 11 is 0. The lowest BCUT2D eigenvalue weighted by molar-refractivity contribution is -0.177. The average molecular weight is 397 g/mol. The predicted octanol–water partition coefficient (Wildman–Crippen LogP) is 6.76. The van der Waals surface area contributed by atoms with Crippen LogP contribution < -0.4 is 0 Å². The second kappa shape index (κ2) is 13.2. The first-order valence-corrected chi connectivity index (χ1v) is 11.7. The molecule has 0 saturated heterocycles. The Morgan fingerprint density at radius 1 is 0.821 bits per heavy atom. The van der Waals surface area contributed by atoms with Gasteiger partial charge in [0.25, 0.3) is 0 Å². The van der Waals surface area contributed by atoms with Crippen molar-refractivity contribution in [3.05, 3.63) is 0 Å². The zero-order valence-corrected chi connectivity index (χ0v) is 18.8. The standard InChI is InChI=1S/C24H44O4/c1-19(2)15-11-8-6-5-7-9-12-16-21(20(3)4)28-23(27)24(22(25)26)17-13-10-14-18-24/h19-21H,5-18H2,1-4H3,(H,25,26). The SMILES string of the molecule is CC(C)CCCCCCCCCC(OC(=O)C1(C(=O)O)CCCCC1)C(C)C. The van der Waals surface area contributed by atoms with Gasteiger partial charge >= 0.3 is 11.9 Å². The molecule has 0 aliphatic heterocycles. The minimum absolute atomic E-state index is 0.170. The highest BCUT2D eigenvalue weighted by atomic mass is 16.5. The van der Waals surface area contributed by atoms with E-state index < -0.39 is 17.4 Å². The number of hydrogen-bond acceptors (Lipinski definition) is 3. The molecule has 164 valence electrons. The molecule has 4 nitrogen and oxygen atoms in total. The number of esters is 1. The van der Waals surface area contributed by atoms with Crippen molar-refractivity contribution in [2.75, 3.05) is 0 Å². The van der Waals surface area contributed by atoms with Crippen LogP contribution in [0.25, 0.3) is 0 Å². The summed E-state index contributed by atoms with van der Waals surface area (Å²) in [6.07, 6.45) is 14.2. The van der Waals surface area contributed by atoms with Crippen molar-refractivity contribution in [1.29, 1.82) is 0 Å². The van der Waals surface area contributed by atoms with E-state index in [1.165, 1.54) is 38.5 Å². The zero-order valence-electron chi connectivity index (χ0n) is 18.8. The molecule has 1 fully saturated rings. The molecule has 1 saturated carbocycles. The lowest BCUT2D eigenvalue weighted by Crippen LogP contribution is -2.44. The highest BCUT2D eigenvalue weighted by molar-refractivity contribution is 5.99. The smallest absolute Gasteiger partial charge is 0.323 e. The third-order valence-electron chi connectivity index (χ3n) is 6.28. The minimum Gasteiger partial charge on any atom is -0.480 e. The summed E-state index contributed by atoms with van der Waals surface area (Å²) in [5, 5.41) is 9.67. The molecule has 0 radical (unpaired) electrons.